The Labute approximate surface area is 181 Å². The molecule has 0 atom stereocenters. The third-order valence-electron chi connectivity index (χ3n) is 5.00. The second kappa shape index (κ2) is 9.63. The molecule has 0 aliphatic heterocycles. The second-order valence-electron chi connectivity index (χ2n) is 7.01. The van der Waals surface area contributed by atoms with Gasteiger partial charge in [0.05, 0.1) is 17.9 Å². The maximum absolute atomic E-state index is 12.7. The molecule has 0 unspecified atom stereocenters. The van der Waals surface area contributed by atoms with Gasteiger partial charge in [0.2, 0.25) is 5.91 Å². The predicted molar refractivity (Wildman–Crippen MR) is 119 cm³/mol. The number of nitrogens with zero attached hydrogens (tertiary/aromatic N) is 1. The Morgan fingerprint density at radius 2 is 1.70 bits per heavy atom. The maximum Gasteiger partial charge on any atom is 0.340 e. The number of rotatable bonds is 7. The first-order chi connectivity index (χ1) is 14.4. The third kappa shape index (κ3) is 4.74. The van der Waals surface area contributed by atoms with Gasteiger partial charge in [-0.05, 0) is 49.6 Å². The van der Waals surface area contributed by atoms with E-state index in [1.807, 2.05) is 60.9 Å². The number of benzene rings is 2. The number of ether oxygens (including phenoxy) is 1. The van der Waals surface area contributed by atoms with E-state index in [1.54, 1.807) is 19.1 Å². The highest BCUT2D eigenvalue weighted by Crippen LogP contribution is 2.31. The fraction of sp³-hybridized carbons (Fsp3) is 0.250. The van der Waals surface area contributed by atoms with Crippen LogP contribution in [0.25, 0.3) is 11.3 Å². The lowest BCUT2D eigenvalue weighted by Crippen LogP contribution is -2.27. The molecule has 0 aliphatic rings. The molecule has 156 valence electrons. The van der Waals surface area contributed by atoms with Gasteiger partial charge in [0, 0.05) is 17.3 Å². The van der Waals surface area contributed by atoms with Crippen LogP contribution in [0.3, 0.4) is 0 Å². The van der Waals surface area contributed by atoms with Gasteiger partial charge in [0.25, 0.3) is 0 Å². The van der Waals surface area contributed by atoms with E-state index in [2.05, 4.69) is 5.32 Å². The molecule has 0 radical (unpaired) electrons. The summed E-state index contributed by atoms with van der Waals surface area (Å²) in [5, 5.41) is 3.59. The maximum atomic E-state index is 12.7. The SMILES string of the molecule is CCOC(=O)c1c(C)c(-c2ccccc2)n(CC(=O)NCc2ccc(Cl)cc2)c1C. The van der Waals surface area contributed by atoms with Crippen LogP contribution >= 0.6 is 11.6 Å². The zero-order chi connectivity index (χ0) is 21.7. The lowest BCUT2D eigenvalue weighted by Gasteiger charge is -2.13. The molecule has 0 spiro atoms. The Hall–Kier alpha value is -3.05. The summed E-state index contributed by atoms with van der Waals surface area (Å²) in [6.45, 7) is 6.32. The molecule has 3 aromatic rings. The highest BCUT2D eigenvalue weighted by molar-refractivity contribution is 6.30. The van der Waals surface area contributed by atoms with Crippen LogP contribution in [0.4, 0.5) is 0 Å². The number of carbonyl (C=O) groups is 2. The van der Waals surface area contributed by atoms with Gasteiger partial charge < -0.3 is 14.6 Å². The molecule has 0 bridgehead atoms. The normalized spacial score (nSPS) is 10.7. The summed E-state index contributed by atoms with van der Waals surface area (Å²) >= 11 is 5.91. The van der Waals surface area contributed by atoms with E-state index in [0.29, 0.717) is 29.4 Å². The topological polar surface area (TPSA) is 60.3 Å². The van der Waals surface area contributed by atoms with Gasteiger partial charge in [-0.1, -0.05) is 54.1 Å². The van der Waals surface area contributed by atoms with Crippen molar-refractivity contribution in [3.05, 3.63) is 82.0 Å². The van der Waals surface area contributed by atoms with Gasteiger partial charge >= 0.3 is 5.97 Å². The van der Waals surface area contributed by atoms with E-state index in [9.17, 15) is 9.59 Å². The first-order valence-electron chi connectivity index (χ1n) is 9.85. The van der Waals surface area contributed by atoms with Crippen LogP contribution in [0.15, 0.2) is 54.6 Å². The number of hydrogen-bond acceptors (Lipinski definition) is 3. The summed E-state index contributed by atoms with van der Waals surface area (Å²) in [5.41, 5.74) is 4.79. The number of esters is 1. The van der Waals surface area contributed by atoms with Gasteiger partial charge in [-0.25, -0.2) is 4.79 Å². The summed E-state index contributed by atoms with van der Waals surface area (Å²) in [4.78, 5) is 25.3. The Bertz CT molecular complexity index is 1040. The van der Waals surface area contributed by atoms with Crippen molar-refractivity contribution >= 4 is 23.5 Å². The predicted octanol–water partition coefficient (Wildman–Crippen LogP) is 4.92. The molecule has 0 fully saturated rings. The molecule has 2 aromatic carbocycles. The van der Waals surface area contributed by atoms with Crippen molar-refractivity contribution in [1.29, 1.82) is 0 Å². The molecule has 0 aliphatic carbocycles. The number of halogens is 1. The van der Waals surface area contributed by atoms with E-state index in [1.165, 1.54) is 0 Å². The molecule has 1 aromatic heterocycles. The fourth-order valence-electron chi connectivity index (χ4n) is 3.57. The van der Waals surface area contributed by atoms with Crippen LogP contribution in [0, 0.1) is 13.8 Å². The standard InChI is InChI=1S/C24H25ClN2O3/c1-4-30-24(29)22-16(2)23(19-8-6-5-7-9-19)27(17(22)3)15-21(28)26-14-18-10-12-20(25)13-11-18/h5-13H,4,14-15H2,1-3H3,(H,26,28). The molecule has 6 heteroatoms. The van der Waals surface area contributed by atoms with E-state index in [0.717, 1.165) is 22.4 Å². The fourth-order valence-corrected chi connectivity index (χ4v) is 3.69. The second-order valence-corrected chi connectivity index (χ2v) is 7.45. The van der Waals surface area contributed by atoms with Crippen molar-refractivity contribution in [3.8, 4) is 11.3 Å². The van der Waals surface area contributed by atoms with Crippen molar-refractivity contribution in [2.75, 3.05) is 6.61 Å². The lowest BCUT2D eigenvalue weighted by atomic mass is 10.1. The number of hydrogen-bond donors (Lipinski definition) is 1. The van der Waals surface area contributed by atoms with Crippen LogP contribution in [-0.2, 0) is 22.6 Å². The average Bonchev–Trinajstić information content (AvgIpc) is 2.98. The van der Waals surface area contributed by atoms with Crippen molar-refractivity contribution in [1.82, 2.24) is 9.88 Å². The Morgan fingerprint density at radius 1 is 1.03 bits per heavy atom. The van der Waals surface area contributed by atoms with Gasteiger partial charge in [0.1, 0.15) is 6.54 Å². The minimum absolute atomic E-state index is 0.101. The van der Waals surface area contributed by atoms with Crippen LogP contribution in [0.2, 0.25) is 5.02 Å². The molecule has 30 heavy (non-hydrogen) atoms. The molecule has 0 saturated carbocycles. The van der Waals surface area contributed by atoms with Gasteiger partial charge in [-0.15, -0.1) is 0 Å². The quantitative estimate of drug-likeness (QED) is 0.547. The Balaban J connectivity index is 1.90. The van der Waals surface area contributed by atoms with Crippen LogP contribution in [0.5, 0.6) is 0 Å². The molecule has 1 amide bonds. The first-order valence-corrected chi connectivity index (χ1v) is 10.2. The number of amides is 1. The molecular formula is C24H25ClN2O3. The van der Waals surface area contributed by atoms with Crippen LogP contribution < -0.4 is 5.32 Å². The summed E-state index contributed by atoms with van der Waals surface area (Å²) in [7, 11) is 0. The highest BCUT2D eigenvalue weighted by atomic mass is 35.5. The van der Waals surface area contributed by atoms with Gasteiger partial charge in [-0.3, -0.25) is 4.79 Å². The Kier molecular flexibility index (Phi) is 6.95. The zero-order valence-electron chi connectivity index (χ0n) is 17.4. The summed E-state index contributed by atoms with van der Waals surface area (Å²) < 4.78 is 7.13. The molecule has 5 nitrogen and oxygen atoms in total. The third-order valence-corrected chi connectivity index (χ3v) is 5.25. The smallest absolute Gasteiger partial charge is 0.340 e. The highest BCUT2D eigenvalue weighted by Gasteiger charge is 2.25. The Morgan fingerprint density at radius 3 is 2.33 bits per heavy atom. The van der Waals surface area contributed by atoms with Crippen molar-refractivity contribution in [2.45, 2.75) is 33.9 Å². The number of carbonyl (C=O) groups excluding carboxylic acids is 2. The van der Waals surface area contributed by atoms with E-state index in [-0.39, 0.29) is 18.4 Å². The van der Waals surface area contributed by atoms with Gasteiger partial charge in [0.15, 0.2) is 0 Å². The minimum atomic E-state index is -0.370. The van der Waals surface area contributed by atoms with Crippen molar-refractivity contribution < 1.29 is 14.3 Å². The largest absolute Gasteiger partial charge is 0.462 e. The van der Waals surface area contributed by atoms with E-state index < -0.39 is 0 Å². The van der Waals surface area contributed by atoms with E-state index >= 15 is 0 Å². The average molecular weight is 425 g/mol. The summed E-state index contributed by atoms with van der Waals surface area (Å²) in [6.07, 6.45) is 0. The number of aromatic nitrogens is 1. The lowest BCUT2D eigenvalue weighted by molar-refractivity contribution is -0.121. The van der Waals surface area contributed by atoms with Crippen molar-refractivity contribution in [3.63, 3.8) is 0 Å². The number of nitrogens with one attached hydrogen (secondary N) is 1. The van der Waals surface area contributed by atoms with Crippen LogP contribution in [0.1, 0.15) is 34.1 Å². The monoisotopic (exact) mass is 424 g/mol. The molecule has 0 saturated heterocycles. The van der Waals surface area contributed by atoms with Crippen molar-refractivity contribution in [2.24, 2.45) is 0 Å². The van der Waals surface area contributed by atoms with Gasteiger partial charge in [-0.2, -0.15) is 0 Å². The molecule has 1 heterocycles. The molecular weight excluding hydrogens is 400 g/mol. The van der Waals surface area contributed by atoms with Crippen LogP contribution in [-0.4, -0.2) is 23.1 Å². The zero-order valence-corrected chi connectivity index (χ0v) is 18.1. The van der Waals surface area contributed by atoms with E-state index in [4.69, 9.17) is 16.3 Å². The molecule has 3 rings (SSSR count). The molecule has 1 N–H and O–H groups in total. The summed E-state index contributed by atoms with van der Waals surface area (Å²) in [6, 6.07) is 17.1. The summed E-state index contributed by atoms with van der Waals surface area (Å²) in [5.74, 6) is -0.513. The minimum Gasteiger partial charge on any atom is -0.462 e. The first kappa shape index (κ1) is 21.7.